The minimum atomic E-state index is 0.787. The average Bonchev–Trinajstić information content (AvgIpc) is 3.14. The molecule has 0 bridgehead atoms. The SMILES string of the molecule is c1ccc(CN2CCN3[C@@H]4[C@@H](CCC[C@@H]42)N2CCC[C@@H]32)cc1. The molecule has 1 aromatic carbocycles. The van der Waals surface area contributed by atoms with Crippen LogP contribution in [0.25, 0.3) is 0 Å². The summed E-state index contributed by atoms with van der Waals surface area (Å²) >= 11 is 0. The molecule has 3 heterocycles. The van der Waals surface area contributed by atoms with E-state index in [1.807, 2.05) is 0 Å². The third-order valence-corrected chi connectivity index (χ3v) is 6.58. The van der Waals surface area contributed by atoms with Gasteiger partial charge >= 0.3 is 0 Å². The van der Waals surface area contributed by atoms with E-state index in [2.05, 4.69) is 45.0 Å². The fourth-order valence-corrected chi connectivity index (χ4v) is 5.77. The van der Waals surface area contributed by atoms with E-state index >= 15 is 0 Å². The third-order valence-electron chi connectivity index (χ3n) is 6.58. The van der Waals surface area contributed by atoms with Crippen LogP contribution in [0.4, 0.5) is 0 Å². The summed E-state index contributed by atoms with van der Waals surface area (Å²) < 4.78 is 0. The van der Waals surface area contributed by atoms with Crippen molar-refractivity contribution in [3.05, 3.63) is 35.9 Å². The molecule has 5 rings (SSSR count). The summed E-state index contributed by atoms with van der Waals surface area (Å²) in [6, 6.07) is 13.5. The molecule has 4 atom stereocenters. The highest BCUT2D eigenvalue weighted by Gasteiger charge is 2.55. The van der Waals surface area contributed by atoms with E-state index in [9.17, 15) is 0 Å². The molecule has 3 nitrogen and oxygen atoms in total. The minimum absolute atomic E-state index is 0.787. The van der Waals surface area contributed by atoms with E-state index in [4.69, 9.17) is 0 Å². The van der Waals surface area contributed by atoms with Crippen molar-refractivity contribution in [3.8, 4) is 0 Å². The lowest BCUT2D eigenvalue weighted by molar-refractivity contribution is -0.00177. The van der Waals surface area contributed by atoms with E-state index in [-0.39, 0.29) is 0 Å². The lowest BCUT2D eigenvalue weighted by atomic mass is 9.83. The summed E-state index contributed by atoms with van der Waals surface area (Å²) in [5.41, 5.74) is 1.48. The number of hydrogen-bond acceptors (Lipinski definition) is 3. The molecule has 4 fully saturated rings. The van der Waals surface area contributed by atoms with Gasteiger partial charge in [0.25, 0.3) is 0 Å². The van der Waals surface area contributed by atoms with E-state index in [0.29, 0.717) is 0 Å². The Hall–Kier alpha value is -0.900. The third kappa shape index (κ3) is 1.99. The van der Waals surface area contributed by atoms with Gasteiger partial charge in [0.05, 0.1) is 6.17 Å². The number of rotatable bonds is 2. The second kappa shape index (κ2) is 5.33. The van der Waals surface area contributed by atoms with Gasteiger partial charge in [-0.15, -0.1) is 0 Å². The standard InChI is InChI=1S/C19H27N3/c1-2-6-15(7-3-1)14-20-12-13-22-18-10-5-11-21(18)17-9-4-8-16(20)19(17)22/h1-3,6-7,16-19H,4-5,8-14H2/t16-,17+,18+,19-/m0/s1. The molecule has 118 valence electrons. The number of nitrogens with zero attached hydrogens (tertiary/aromatic N) is 3. The Balaban J connectivity index is 1.40. The van der Waals surface area contributed by atoms with Gasteiger partial charge in [-0.25, -0.2) is 0 Å². The minimum Gasteiger partial charge on any atom is -0.293 e. The maximum absolute atomic E-state index is 2.89. The highest BCUT2D eigenvalue weighted by molar-refractivity contribution is 5.16. The maximum atomic E-state index is 2.89. The summed E-state index contributed by atoms with van der Waals surface area (Å²) in [4.78, 5) is 8.55. The van der Waals surface area contributed by atoms with Gasteiger partial charge in [0.15, 0.2) is 0 Å². The van der Waals surface area contributed by atoms with Crippen molar-refractivity contribution in [1.29, 1.82) is 0 Å². The van der Waals surface area contributed by atoms with Gasteiger partial charge in [-0.05, 0) is 31.2 Å². The van der Waals surface area contributed by atoms with Crippen LogP contribution in [0, 0.1) is 0 Å². The van der Waals surface area contributed by atoms with E-state index in [1.54, 1.807) is 0 Å². The van der Waals surface area contributed by atoms with E-state index < -0.39 is 0 Å². The van der Waals surface area contributed by atoms with Gasteiger partial charge in [0.1, 0.15) is 0 Å². The Bertz CT molecular complexity index is 519. The van der Waals surface area contributed by atoms with E-state index in [1.165, 1.54) is 57.3 Å². The first-order valence-electron chi connectivity index (χ1n) is 9.21. The van der Waals surface area contributed by atoms with Crippen molar-refractivity contribution in [2.24, 2.45) is 0 Å². The van der Waals surface area contributed by atoms with Crippen molar-refractivity contribution < 1.29 is 0 Å². The predicted molar refractivity (Wildman–Crippen MR) is 88.5 cm³/mol. The van der Waals surface area contributed by atoms with Gasteiger partial charge < -0.3 is 0 Å². The molecule has 3 aliphatic heterocycles. The number of fused-ring (bicyclic) bond motifs is 3. The maximum Gasteiger partial charge on any atom is 0.0630 e. The second-order valence-electron chi connectivity index (χ2n) is 7.61. The molecule has 0 N–H and O–H groups in total. The largest absolute Gasteiger partial charge is 0.293 e. The molecule has 3 saturated heterocycles. The highest BCUT2D eigenvalue weighted by Crippen LogP contribution is 2.44. The van der Waals surface area contributed by atoms with Crippen LogP contribution in [-0.2, 0) is 6.54 Å². The molecule has 1 aliphatic carbocycles. The monoisotopic (exact) mass is 297 g/mol. The fraction of sp³-hybridized carbons (Fsp3) is 0.684. The Morgan fingerprint density at radius 2 is 1.68 bits per heavy atom. The molecule has 3 heteroatoms. The molecular weight excluding hydrogens is 270 g/mol. The van der Waals surface area contributed by atoms with Crippen molar-refractivity contribution in [3.63, 3.8) is 0 Å². The molecule has 0 aromatic heterocycles. The van der Waals surface area contributed by atoms with Crippen molar-refractivity contribution in [2.45, 2.75) is 62.9 Å². The first-order chi connectivity index (χ1) is 10.9. The first-order valence-corrected chi connectivity index (χ1v) is 9.21. The molecule has 0 radical (unpaired) electrons. The molecule has 1 saturated carbocycles. The zero-order valence-electron chi connectivity index (χ0n) is 13.4. The molecule has 0 spiro atoms. The van der Waals surface area contributed by atoms with Crippen molar-refractivity contribution in [2.75, 3.05) is 19.6 Å². The first kappa shape index (κ1) is 13.5. The Labute approximate surface area is 133 Å². The summed E-state index contributed by atoms with van der Waals surface area (Å²) in [6.45, 7) is 5.04. The Morgan fingerprint density at radius 3 is 2.59 bits per heavy atom. The molecule has 22 heavy (non-hydrogen) atoms. The highest BCUT2D eigenvalue weighted by atomic mass is 15.5. The van der Waals surface area contributed by atoms with E-state index in [0.717, 1.165) is 30.8 Å². The summed E-state index contributed by atoms with van der Waals surface area (Å²) in [6.07, 6.45) is 7.89. The summed E-state index contributed by atoms with van der Waals surface area (Å²) in [5, 5.41) is 0. The Morgan fingerprint density at radius 1 is 0.818 bits per heavy atom. The van der Waals surface area contributed by atoms with Gasteiger partial charge in [-0.2, -0.15) is 0 Å². The lowest BCUT2D eigenvalue weighted by Gasteiger charge is -2.49. The van der Waals surface area contributed by atoms with Gasteiger partial charge in [0.2, 0.25) is 0 Å². The van der Waals surface area contributed by atoms with Crippen LogP contribution in [-0.4, -0.2) is 58.6 Å². The zero-order chi connectivity index (χ0) is 14.5. The molecular formula is C19H27N3. The number of hydrogen-bond donors (Lipinski definition) is 0. The molecule has 0 amide bonds. The fourth-order valence-electron chi connectivity index (χ4n) is 5.77. The van der Waals surface area contributed by atoms with Crippen LogP contribution >= 0.6 is 0 Å². The van der Waals surface area contributed by atoms with Crippen molar-refractivity contribution in [1.82, 2.24) is 14.7 Å². The normalized spacial score (nSPS) is 38.9. The quantitative estimate of drug-likeness (QED) is 0.830. The number of benzene rings is 1. The van der Waals surface area contributed by atoms with Crippen LogP contribution in [0.3, 0.4) is 0 Å². The summed E-state index contributed by atoms with van der Waals surface area (Å²) in [7, 11) is 0. The topological polar surface area (TPSA) is 9.72 Å². The molecule has 0 unspecified atom stereocenters. The molecule has 1 aromatic rings. The second-order valence-corrected chi connectivity index (χ2v) is 7.61. The van der Waals surface area contributed by atoms with Crippen LogP contribution < -0.4 is 0 Å². The van der Waals surface area contributed by atoms with Crippen molar-refractivity contribution >= 4 is 0 Å². The van der Waals surface area contributed by atoms with Crippen LogP contribution in [0.1, 0.15) is 37.7 Å². The van der Waals surface area contributed by atoms with Crippen LogP contribution in [0.5, 0.6) is 0 Å². The zero-order valence-corrected chi connectivity index (χ0v) is 13.4. The number of piperazine rings is 1. The smallest absolute Gasteiger partial charge is 0.0630 e. The van der Waals surface area contributed by atoms with Crippen LogP contribution in [0.15, 0.2) is 30.3 Å². The van der Waals surface area contributed by atoms with Gasteiger partial charge in [0, 0.05) is 44.3 Å². The summed E-state index contributed by atoms with van der Waals surface area (Å²) in [5.74, 6) is 0. The van der Waals surface area contributed by atoms with Crippen LogP contribution in [0.2, 0.25) is 0 Å². The lowest BCUT2D eigenvalue weighted by Crippen LogP contribution is -2.62. The van der Waals surface area contributed by atoms with Gasteiger partial charge in [-0.3, -0.25) is 14.7 Å². The van der Waals surface area contributed by atoms with Gasteiger partial charge in [-0.1, -0.05) is 36.8 Å². The Kier molecular flexibility index (Phi) is 3.28. The average molecular weight is 297 g/mol. The predicted octanol–water partition coefficient (Wildman–Crippen LogP) is 2.53. The molecule has 4 aliphatic rings.